The molecule has 7 heteroatoms. The Morgan fingerprint density at radius 1 is 1.35 bits per heavy atom. The Kier molecular flexibility index (Phi) is 4.74. The smallest absolute Gasteiger partial charge is 0.335 e. The van der Waals surface area contributed by atoms with E-state index in [9.17, 15) is 13.2 Å². The van der Waals surface area contributed by atoms with E-state index >= 15 is 0 Å². The summed E-state index contributed by atoms with van der Waals surface area (Å²) in [4.78, 5) is 10.8. The van der Waals surface area contributed by atoms with E-state index in [-0.39, 0.29) is 10.5 Å². The average Bonchev–Trinajstić information content (AvgIpc) is 2.92. The van der Waals surface area contributed by atoms with Crippen molar-refractivity contribution in [1.82, 2.24) is 4.72 Å². The second kappa shape index (κ2) is 6.34. The fourth-order valence-corrected chi connectivity index (χ4v) is 3.12. The molecule has 1 aliphatic heterocycles. The third-order valence-electron chi connectivity index (χ3n) is 3.28. The Labute approximate surface area is 117 Å². The SMILES string of the molecule is O=C(O)c1ccc(S(=O)(=O)NCCC2CCOC2)cc1. The van der Waals surface area contributed by atoms with E-state index in [1.165, 1.54) is 24.3 Å². The summed E-state index contributed by atoms with van der Waals surface area (Å²) in [6.45, 7) is 1.79. The summed E-state index contributed by atoms with van der Waals surface area (Å²) in [5.41, 5.74) is 0.0621. The molecule has 0 spiro atoms. The standard InChI is InChI=1S/C13H17NO5S/c15-13(16)11-1-3-12(4-2-11)20(17,18)14-7-5-10-6-8-19-9-10/h1-4,10,14H,5-9H2,(H,15,16). The lowest BCUT2D eigenvalue weighted by atomic mass is 10.1. The van der Waals surface area contributed by atoms with Crippen LogP contribution in [-0.2, 0) is 14.8 Å². The molecule has 1 fully saturated rings. The molecule has 0 saturated carbocycles. The lowest BCUT2D eigenvalue weighted by Gasteiger charge is -2.09. The third-order valence-corrected chi connectivity index (χ3v) is 4.76. The van der Waals surface area contributed by atoms with Gasteiger partial charge in [-0.1, -0.05) is 0 Å². The van der Waals surface area contributed by atoms with Crippen molar-refractivity contribution >= 4 is 16.0 Å². The minimum atomic E-state index is -3.58. The zero-order valence-electron chi connectivity index (χ0n) is 10.9. The van der Waals surface area contributed by atoms with Gasteiger partial charge in [0.1, 0.15) is 0 Å². The molecule has 110 valence electrons. The number of nitrogens with one attached hydrogen (secondary N) is 1. The Hall–Kier alpha value is -1.44. The molecule has 2 N–H and O–H groups in total. The second-order valence-corrected chi connectivity index (χ2v) is 6.51. The lowest BCUT2D eigenvalue weighted by molar-refractivity contribution is 0.0696. The van der Waals surface area contributed by atoms with Gasteiger partial charge in [0.15, 0.2) is 0 Å². The van der Waals surface area contributed by atoms with Gasteiger partial charge in [-0.25, -0.2) is 17.9 Å². The average molecular weight is 299 g/mol. The molecular formula is C13H17NO5S. The summed E-state index contributed by atoms with van der Waals surface area (Å²) in [6.07, 6.45) is 1.71. The fourth-order valence-electron chi connectivity index (χ4n) is 2.07. The topological polar surface area (TPSA) is 92.7 Å². The van der Waals surface area contributed by atoms with Crippen LogP contribution in [0.4, 0.5) is 0 Å². The maximum atomic E-state index is 12.0. The van der Waals surface area contributed by atoms with E-state index in [1.54, 1.807) is 0 Å². The molecule has 1 aromatic carbocycles. The second-order valence-electron chi connectivity index (χ2n) is 4.75. The van der Waals surface area contributed by atoms with Gasteiger partial charge in [-0.05, 0) is 43.0 Å². The maximum Gasteiger partial charge on any atom is 0.335 e. The van der Waals surface area contributed by atoms with Crippen molar-refractivity contribution in [2.24, 2.45) is 5.92 Å². The molecule has 0 bridgehead atoms. The number of aromatic carboxylic acids is 1. The van der Waals surface area contributed by atoms with E-state index in [2.05, 4.69) is 4.72 Å². The number of benzene rings is 1. The van der Waals surface area contributed by atoms with Crippen LogP contribution in [0.5, 0.6) is 0 Å². The van der Waals surface area contributed by atoms with Gasteiger partial charge in [0.05, 0.1) is 10.5 Å². The quantitative estimate of drug-likeness (QED) is 0.820. The first-order chi connectivity index (χ1) is 9.49. The first kappa shape index (κ1) is 15.0. The van der Waals surface area contributed by atoms with E-state index in [1.807, 2.05) is 0 Å². The predicted molar refractivity (Wildman–Crippen MR) is 72.1 cm³/mol. The highest BCUT2D eigenvalue weighted by molar-refractivity contribution is 7.89. The first-order valence-electron chi connectivity index (χ1n) is 6.40. The van der Waals surface area contributed by atoms with Crippen LogP contribution in [0.15, 0.2) is 29.2 Å². The van der Waals surface area contributed by atoms with Crippen LogP contribution in [0.1, 0.15) is 23.2 Å². The molecule has 6 nitrogen and oxygen atoms in total. The number of hydrogen-bond acceptors (Lipinski definition) is 4. The van der Waals surface area contributed by atoms with Gasteiger partial charge in [-0.15, -0.1) is 0 Å². The zero-order valence-corrected chi connectivity index (χ0v) is 11.7. The van der Waals surface area contributed by atoms with Gasteiger partial charge in [-0.3, -0.25) is 0 Å². The number of rotatable bonds is 6. The molecule has 1 unspecified atom stereocenters. The molecule has 0 radical (unpaired) electrons. The summed E-state index contributed by atoms with van der Waals surface area (Å²) in [7, 11) is -3.58. The van der Waals surface area contributed by atoms with Gasteiger partial charge < -0.3 is 9.84 Å². The molecule has 0 aliphatic carbocycles. The largest absolute Gasteiger partial charge is 0.478 e. The highest BCUT2D eigenvalue weighted by Gasteiger charge is 2.18. The molecule has 1 aliphatic rings. The number of hydrogen-bond donors (Lipinski definition) is 2. The summed E-state index contributed by atoms with van der Waals surface area (Å²) >= 11 is 0. The Morgan fingerprint density at radius 2 is 2.05 bits per heavy atom. The summed E-state index contributed by atoms with van der Waals surface area (Å²) in [6, 6.07) is 5.15. The lowest BCUT2D eigenvalue weighted by Crippen LogP contribution is -2.26. The summed E-state index contributed by atoms with van der Waals surface area (Å²) < 4.78 is 31.7. The highest BCUT2D eigenvalue weighted by atomic mass is 32.2. The highest BCUT2D eigenvalue weighted by Crippen LogP contribution is 2.16. The normalized spacial score (nSPS) is 19.1. The molecule has 1 atom stereocenters. The number of ether oxygens (including phenoxy) is 1. The van der Waals surface area contributed by atoms with Crippen molar-refractivity contribution in [2.75, 3.05) is 19.8 Å². The van der Waals surface area contributed by atoms with E-state index in [0.717, 1.165) is 19.4 Å². The number of carbonyl (C=O) groups is 1. The van der Waals surface area contributed by atoms with Crippen LogP contribution < -0.4 is 4.72 Å². The third kappa shape index (κ3) is 3.78. The molecular weight excluding hydrogens is 282 g/mol. The first-order valence-corrected chi connectivity index (χ1v) is 7.88. The van der Waals surface area contributed by atoms with E-state index in [4.69, 9.17) is 9.84 Å². The molecule has 1 saturated heterocycles. The van der Waals surface area contributed by atoms with Gasteiger partial charge in [0, 0.05) is 19.8 Å². The molecule has 0 aromatic heterocycles. The van der Waals surface area contributed by atoms with Crippen molar-refractivity contribution in [1.29, 1.82) is 0 Å². The van der Waals surface area contributed by atoms with Crippen LogP contribution in [-0.4, -0.2) is 39.3 Å². The van der Waals surface area contributed by atoms with Crippen molar-refractivity contribution < 1.29 is 23.1 Å². The minimum absolute atomic E-state index is 0.0621. The number of sulfonamides is 1. The van der Waals surface area contributed by atoms with Crippen LogP contribution in [0, 0.1) is 5.92 Å². The summed E-state index contributed by atoms with van der Waals surface area (Å²) in [5.74, 6) is -0.671. The van der Waals surface area contributed by atoms with Crippen molar-refractivity contribution in [3.05, 3.63) is 29.8 Å². The maximum absolute atomic E-state index is 12.0. The van der Waals surface area contributed by atoms with Gasteiger partial charge >= 0.3 is 5.97 Å². The molecule has 1 aromatic rings. The van der Waals surface area contributed by atoms with Crippen LogP contribution in [0.2, 0.25) is 0 Å². The van der Waals surface area contributed by atoms with Crippen LogP contribution >= 0.6 is 0 Å². The van der Waals surface area contributed by atoms with Crippen LogP contribution in [0.25, 0.3) is 0 Å². The van der Waals surface area contributed by atoms with Crippen molar-refractivity contribution in [2.45, 2.75) is 17.7 Å². The van der Waals surface area contributed by atoms with Gasteiger partial charge in [0.25, 0.3) is 0 Å². The number of carboxylic acid groups (broad SMARTS) is 1. The predicted octanol–water partition coefficient (Wildman–Crippen LogP) is 1.09. The van der Waals surface area contributed by atoms with Gasteiger partial charge in [0.2, 0.25) is 10.0 Å². The molecule has 20 heavy (non-hydrogen) atoms. The minimum Gasteiger partial charge on any atom is -0.478 e. The van der Waals surface area contributed by atoms with E-state index < -0.39 is 16.0 Å². The zero-order chi connectivity index (χ0) is 14.6. The molecule has 2 rings (SSSR count). The monoisotopic (exact) mass is 299 g/mol. The Balaban J connectivity index is 1.93. The molecule has 0 amide bonds. The van der Waals surface area contributed by atoms with E-state index in [0.29, 0.717) is 19.1 Å². The summed E-state index contributed by atoms with van der Waals surface area (Å²) in [5, 5.41) is 8.76. The number of carboxylic acids is 1. The molecule has 1 heterocycles. The Bertz CT molecular complexity index is 561. The van der Waals surface area contributed by atoms with Crippen molar-refractivity contribution in [3.63, 3.8) is 0 Å². The van der Waals surface area contributed by atoms with Gasteiger partial charge in [-0.2, -0.15) is 0 Å². The van der Waals surface area contributed by atoms with Crippen LogP contribution in [0.3, 0.4) is 0 Å². The van der Waals surface area contributed by atoms with Crippen molar-refractivity contribution in [3.8, 4) is 0 Å². The fraction of sp³-hybridized carbons (Fsp3) is 0.462. The Morgan fingerprint density at radius 3 is 2.60 bits per heavy atom.